The van der Waals surface area contributed by atoms with Crippen molar-refractivity contribution in [2.75, 3.05) is 13.7 Å². The first-order chi connectivity index (χ1) is 14.4. The summed E-state index contributed by atoms with van der Waals surface area (Å²) in [7, 11) is 0.303. The zero-order chi connectivity index (χ0) is 23.2. The predicted octanol–water partition coefficient (Wildman–Crippen LogP) is 4.88. The molecular formula is C24H36BrNO4S. The number of hydrogen-bond donors (Lipinski definition) is 1. The Morgan fingerprint density at radius 2 is 1.87 bits per heavy atom. The van der Waals surface area contributed by atoms with Crippen molar-refractivity contribution in [3.63, 3.8) is 0 Å². The van der Waals surface area contributed by atoms with Crippen LogP contribution in [0.15, 0.2) is 22.7 Å². The van der Waals surface area contributed by atoms with Gasteiger partial charge in [0.15, 0.2) is 5.54 Å². The number of hydrogen-bond acceptors (Lipinski definition) is 4. The zero-order valence-electron chi connectivity index (χ0n) is 19.7. The van der Waals surface area contributed by atoms with Gasteiger partial charge in [-0.15, -0.1) is 0 Å². The Bertz CT molecular complexity index is 856. The lowest BCUT2D eigenvalue weighted by Crippen LogP contribution is -2.64. The van der Waals surface area contributed by atoms with Gasteiger partial charge in [0.1, 0.15) is 0 Å². The predicted molar refractivity (Wildman–Crippen MR) is 128 cm³/mol. The summed E-state index contributed by atoms with van der Waals surface area (Å²) < 4.78 is 28.8. The first-order valence-electron chi connectivity index (χ1n) is 11.1. The van der Waals surface area contributed by atoms with Crippen LogP contribution in [0, 0.1) is 17.3 Å². The van der Waals surface area contributed by atoms with Gasteiger partial charge in [0.05, 0.1) is 28.4 Å². The summed E-state index contributed by atoms with van der Waals surface area (Å²) in [5.74, 6) is 0.176. The quantitative estimate of drug-likeness (QED) is 0.569. The molecule has 0 amide bonds. The minimum absolute atomic E-state index is 0.133. The first kappa shape index (κ1) is 24.9. The molecule has 6 atom stereocenters. The topological polar surface area (TPSA) is 64.6 Å². The third-order valence-electron chi connectivity index (χ3n) is 7.00. The molecule has 3 unspecified atom stereocenters. The minimum Gasteiger partial charge on any atom is -0.464 e. The highest BCUT2D eigenvalue weighted by Gasteiger charge is 2.66. The fourth-order valence-electron chi connectivity index (χ4n) is 5.92. The highest BCUT2D eigenvalue weighted by atomic mass is 79.9. The third-order valence-corrected chi connectivity index (χ3v) is 9.10. The van der Waals surface area contributed by atoms with Crippen molar-refractivity contribution in [2.45, 2.75) is 77.2 Å². The fraction of sp³-hybridized carbons (Fsp3) is 0.708. The molecule has 0 aliphatic heterocycles. The average Bonchev–Trinajstić information content (AvgIpc) is 2.90. The van der Waals surface area contributed by atoms with Crippen LogP contribution < -0.4 is 4.72 Å². The summed E-state index contributed by atoms with van der Waals surface area (Å²) in [5, 5.41) is 0. The maximum absolute atomic E-state index is 13.9. The fourth-order valence-corrected chi connectivity index (χ4v) is 7.28. The van der Waals surface area contributed by atoms with Crippen LogP contribution in [0.5, 0.6) is 0 Å². The molecule has 1 aromatic carbocycles. The lowest BCUT2D eigenvalue weighted by molar-refractivity contribution is -0.163. The van der Waals surface area contributed by atoms with Crippen molar-refractivity contribution in [1.82, 2.24) is 4.72 Å². The van der Waals surface area contributed by atoms with Crippen LogP contribution >= 0.6 is 15.9 Å². The zero-order valence-corrected chi connectivity index (χ0v) is 22.1. The summed E-state index contributed by atoms with van der Waals surface area (Å²) >= 11 is 3.59. The van der Waals surface area contributed by atoms with E-state index in [0.717, 1.165) is 34.9 Å². The number of ether oxygens (including phenoxy) is 2. The summed E-state index contributed by atoms with van der Waals surface area (Å²) in [6.45, 7) is 12.3. The number of fused-ring (bicyclic) bond motifs is 1. The lowest BCUT2D eigenvalue weighted by Gasteiger charge is -2.52. The molecule has 174 valence electrons. The average molecular weight is 515 g/mol. The van der Waals surface area contributed by atoms with Gasteiger partial charge in [0, 0.05) is 17.0 Å². The Balaban J connectivity index is 2.26. The number of carbonyl (C=O) groups is 1. The molecule has 0 heterocycles. The standard InChI is InChI=1S/C24H36BrNO4S/c1-8-30-21(27)24(26-31(28)22(4,5)6)19-11-18(25)10-9-17(19)14-23(24)12-15(2)20(29-7)16(3)13-23/h9-11,15-16,20,26H,8,12-14H2,1-7H3/t15-,16+,20?,23?,24-,31?/m1/s1. The van der Waals surface area contributed by atoms with Gasteiger partial charge in [-0.3, -0.25) is 0 Å². The molecule has 0 aromatic heterocycles. The number of carbonyl (C=O) groups excluding carboxylic acids is 1. The van der Waals surface area contributed by atoms with Gasteiger partial charge in [0.2, 0.25) is 0 Å². The molecule has 0 saturated heterocycles. The molecule has 31 heavy (non-hydrogen) atoms. The Morgan fingerprint density at radius 3 is 2.39 bits per heavy atom. The molecule has 1 saturated carbocycles. The molecule has 5 nitrogen and oxygen atoms in total. The van der Waals surface area contributed by atoms with E-state index >= 15 is 0 Å². The van der Waals surface area contributed by atoms with E-state index in [1.165, 1.54) is 0 Å². The first-order valence-corrected chi connectivity index (χ1v) is 13.0. The maximum atomic E-state index is 13.9. The third kappa shape index (κ3) is 4.16. The van der Waals surface area contributed by atoms with E-state index in [9.17, 15) is 9.00 Å². The number of rotatable bonds is 5. The number of methoxy groups -OCH3 is 1. The van der Waals surface area contributed by atoms with E-state index in [2.05, 4.69) is 40.6 Å². The highest BCUT2D eigenvalue weighted by Crippen LogP contribution is 2.61. The van der Waals surface area contributed by atoms with E-state index in [0.29, 0.717) is 0 Å². The minimum atomic E-state index is -1.46. The van der Waals surface area contributed by atoms with Gasteiger partial charge < -0.3 is 9.47 Å². The van der Waals surface area contributed by atoms with Crippen LogP contribution in [-0.2, 0) is 37.2 Å². The summed E-state index contributed by atoms with van der Waals surface area (Å²) in [4.78, 5) is 13.9. The molecule has 7 heteroatoms. The van der Waals surface area contributed by atoms with Crippen LogP contribution in [0.3, 0.4) is 0 Å². The largest absolute Gasteiger partial charge is 0.464 e. The summed E-state index contributed by atoms with van der Waals surface area (Å²) in [5.41, 5.74) is 0.372. The van der Waals surface area contributed by atoms with Crippen molar-refractivity contribution in [1.29, 1.82) is 0 Å². The smallest absolute Gasteiger partial charge is 0.332 e. The number of nitrogens with one attached hydrogen (secondary N) is 1. The molecule has 1 fully saturated rings. The van der Waals surface area contributed by atoms with Crippen molar-refractivity contribution in [2.24, 2.45) is 17.3 Å². The Morgan fingerprint density at radius 1 is 1.26 bits per heavy atom. The monoisotopic (exact) mass is 513 g/mol. The Hall–Kier alpha value is -0.760. The van der Waals surface area contributed by atoms with Gasteiger partial charge in [-0.1, -0.05) is 35.8 Å². The number of esters is 1. The summed E-state index contributed by atoms with van der Waals surface area (Å²) in [6, 6.07) is 6.11. The molecule has 3 rings (SSSR count). The van der Waals surface area contributed by atoms with Gasteiger partial charge in [-0.25, -0.2) is 13.7 Å². The molecule has 1 spiro atoms. The van der Waals surface area contributed by atoms with Gasteiger partial charge in [0.25, 0.3) is 0 Å². The Labute approximate surface area is 197 Å². The lowest BCUT2D eigenvalue weighted by atomic mass is 9.56. The molecule has 0 bridgehead atoms. The van der Waals surface area contributed by atoms with Crippen molar-refractivity contribution >= 4 is 32.9 Å². The van der Waals surface area contributed by atoms with Crippen LogP contribution in [0.25, 0.3) is 0 Å². The van der Waals surface area contributed by atoms with Crippen molar-refractivity contribution in [3.05, 3.63) is 33.8 Å². The summed E-state index contributed by atoms with van der Waals surface area (Å²) in [6.07, 6.45) is 2.45. The molecule has 0 radical (unpaired) electrons. The molecular weight excluding hydrogens is 478 g/mol. The van der Waals surface area contributed by atoms with Gasteiger partial charge in [-0.2, -0.15) is 0 Å². The van der Waals surface area contributed by atoms with E-state index in [4.69, 9.17) is 9.47 Å². The highest BCUT2D eigenvalue weighted by molar-refractivity contribution is 9.10. The van der Waals surface area contributed by atoms with Crippen molar-refractivity contribution in [3.8, 4) is 0 Å². The Kier molecular flexibility index (Phi) is 7.13. The number of halogens is 1. The molecule has 1 aromatic rings. The van der Waals surface area contributed by atoms with E-state index in [-0.39, 0.29) is 30.5 Å². The van der Waals surface area contributed by atoms with Crippen molar-refractivity contribution < 1.29 is 18.5 Å². The van der Waals surface area contributed by atoms with Crippen LogP contribution in [0.1, 0.15) is 65.5 Å². The van der Waals surface area contributed by atoms with E-state index < -0.39 is 26.7 Å². The van der Waals surface area contributed by atoms with E-state index in [1.807, 2.05) is 39.8 Å². The SMILES string of the molecule is CCOC(=O)[C@]1(NS(=O)C(C)(C)C)c2cc(Br)ccc2CC12C[C@@H](C)C(OC)[C@@H](C)C2. The maximum Gasteiger partial charge on any atom is 0.332 e. The second-order valence-electron chi connectivity index (χ2n) is 10.3. The molecule has 1 N–H and O–H groups in total. The second-order valence-corrected chi connectivity index (χ2v) is 13.2. The van der Waals surface area contributed by atoms with Crippen LogP contribution in [0.2, 0.25) is 0 Å². The van der Waals surface area contributed by atoms with E-state index in [1.54, 1.807) is 7.11 Å². The number of benzene rings is 1. The van der Waals surface area contributed by atoms with Crippen LogP contribution in [0.4, 0.5) is 0 Å². The second kappa shape index (κ2) is 8.88. The van der Waals surface area contributed by atoms with Gasteiger partial charge in [-0.05, 0) is 82.1 Å². The molecule has 2 aliphatic rings. The van der Waals surface area contributed by atoms with Gasteiger partial charge >= 0.3 is 5.97 Å². The molecule has 2 aliphatic carbocycles. The van der Waals surface area contributed by atoms with Crippen LogP contribution in [-0.4, -0.2) is 34.7 Å². The normalized spacial score (nSPS) is 33.9.